The maximum atomic E-state index is 13.4. The van der Waals surface area contributed by atoms with E-state index in [1.807, 2.05) is 0 Å². The number of hydrogen-bond acceptors (Lipinski definition) is 5. The first-order chi connectivity index (χ1) is 10.6. The lowest BCUT2D eigenvalue weighted by Gasteiger charge is -2.03. The van der Waals surface area contributed by atoms with Gasteiger partial charge in [-0.3, -0.25) is 0 Å². The predicted molar refractivity (Wildman–Crippen MR) is 72.1 cm³/mol. The van der Waals surface area contributed by atoms with Gasteiger partial charge in [0.15, 0.2) is 18.2 Å². The van der Waals surface area contributed by atoms with Gasteiger partial charge < -0.3 is 14.4 Å². The summed E-state index contributed by atoms with van der Waals surface area (Å²) in [6.45, 7) is -0.145. The Bertz CT molecular complexity index is 788. The summed E-state index contributed by atoms with van der Waals surface area (Å²) in [4.78, 5) is 4.09. The van der Waals surface area contributed by atoms with E-state index < -0.39 is 11.6 Å². The van der Waals surface area contributed by atoms with Crippen molar-refractivity contribution in [2.75, 3.05) is 0 Å². The molecule has 1 heterocycles. The quantitative estimate of drug-likeness (QED) is 0.801. The molecule has 112 valence electrons. The highest BCUT2D eigenvalue weighted by molar-refractivity contribution is 5.55. The summed E-state index contributed by atoms with van der Waals surface area (Å²) >= 11 is 0. The monoisotopic (exact) mass is 304 g/mol. The third-order valence-corrected chi connectivity index (χ3v) is 2.84. The van der Waals surface area contributed by atoms with Gasteiger partial charge >= 0.3 is 0 Å². The van der Waals surface area contributed by atoms with Crippen LogP contribution in [0.15, 0.2) is 47.0 Å². The minimum Gasteiger partial charge on any atom is -0.508 e. The van der Waals surface area contributed by atoms with Crippen molar-refractivity contribution >= 4 is 0 Å². The van der Waals surface area contributed by atoms with Crippen molar-refractivity contribution in [1.29, 1.82) is 0 Å². The fourth-order valence-corrected chi connectivity index (χ4v) is 1.77. The summed E-state index contributed by atoms with van der Waals surface area (Å²) in [6, 6.07) is 9.25. The first-order valence-corrected chi connectivity index (χ1v) is 6.31. The lowest BCUT2D eigenvalue weighted by Crippen LogP contribution is -1.98. The Morgan fingerprint density at radius 2 is 1.86 bits per heavy atom. The maximum Gasteiger partial charge on any atom is 0.264 e. The van der Waals surface area contributed by atoms with E-state index in [0.29, 0.717) is 11.4 Å². The lowest BCUT2D eigenvalue weighted by atomic mass is 10.2. The average Bonchev–Trinajstić information content (AvgIpc) is 2.96. The van der Waals surface area contributed by atoms with Crippen LogP contribution in [-0.4, -0.2) is 15.2 Å². The van der Waals surface area contributed by atoms with E-state index >= 15 is 0 Å². The van der Waals surface area contributed by atoms with Gasteiger partial charge in [-0.15, -0.1) is 0 Å². The second-order valence-corrected chi connectivity index (χ2v) is 4.42. The molecule has 0 amide bonds. The predicted octanol–water partition coefficient (Wildman–Crippen LogP) is 3.30. The first-order valence-electron chi connectivity index (χ1n) is 6.31. The van der Waals surface area contributed by atoms with Crippen molar-refractivity contribution in [1.82, 2.24) is 10.1 Å². The molecule has 7 heteroatoms. The van der Waals surface area contributed by atoms with Crippen molar-refractivity contribution in [3.8, 4) is 22.9 Å². The third-order valence-electron chi connectivity index (χ3n) is 2.84. The van der Waals surface area contributed by atoms with E-state index in [-0.39, 0.29) is 24.0 Å². The SMILES string of the molecule is Oc1ccc(-c2noc(COc3ccc(F)cc3F)n2)cc1. The van der Waals surface area contributed by atoms with Crippen molar-refractivity contribution in [3.63, 3.8) is 0 Å². The molecule has 2 aromatic carbocycles. The van der Waals surface area contributed by atoms with Crippen LogP contribution in [-0.2, 0) is 6.61 Å². The van der Waals surface area contributed by atoms with Crippen LogP contribution in [0.3, 0.4) is 0 Å². The Morgan fingerprint density at radius 1 is 1.09 bits per heavy atom. The molecule has 0 radical (unpaired) electrons. The summed E-state index contributed by atoms with van der Waals surface area (Å²) < 4.78 is 36.3. The van der Waals surface area contributed by atoms with Crippen molar-refractivity contribution in [2.24, 2.45) is 0 Å². The topological polar surface area (TPSA) is 68.4 Å². The molecule has 0 saturated heterocycles. The van der Waals surface area contributed by atoms with E-state index in [1.165, 1.54) is 18.2 Å². The Kier molecular flexibility index (Phi) is 3.69. The van der Waals surface area contributed by atoms with Gasteiger partial charge in [-0.05, 0) is 36.4 Å². The van der Waals surface area contributed by atoms with Gasteiger partial charge in [-0.1, -0.05) is 5.16 Å². The summed E-state index contributed by atoms with van der Waals surface area (Å²) in [7, 11) is 0. The second kappa shape index (κ2) is 5.80. The zero-order valence-corrected chi connectivity index (χ0v) is 11.2. The number of rotatable bonds is 4. The molecule has 0 aliphatic rings. The largest absolute Gasteiger partial charge is 0.508 e. The third kappa shape index (κ3) is 3.03. The minimum absolute atomic E-state index is 0.106. The number of phenols is 1. The Labute approximate surface area is 123 Å². The van der Waals surface area contributed by atoms with Crippen LogP contribution in [0.25, 0.3) is 11.4 Å². The highest BCUT2D eigenvalue weighted by atomic mass is 19.1. The van der Waals surface area contributed by atoms with E-state index in [0.717, 1.165) is 12.1 Å². The van der Waals surface area contributed by atoms with Gasteiger partial charge in [0.1, 0.15) is 11.6 Å². The first kappa shape index (κ1) is 14.0. The molecule has 0 aliphatic carbocycles. The van der Waals surface area contributed by atoms with Gasteiger partial charge in [0, 0.05) is 11.6 Å². The van der Waals surface area contributed by atoms with Gasteiger partial charge in [-0.25, -0.2) is 8.78 Å². The average molecular weight is 304 g/mol. The van der Waals surface area contributed by atoms with E-state index in [1.54, 1.807) is 12.1 Å². The van der Waals surface area contributed by atoms with E-state index in [4.69, 9.17) is 9.26 Å². The zero-order chi connectivity index (χ0) is 15.5. The number of phenolic OH excluding ortho intramolecular Hbond substituents is 1. The normalized spacial score (nSPS) is 10.6. The van der Waals surface area contributed by atoms with Crippen molar-refractivity contribution in [2.45, 2.75) is 6.61 Å². The number of aromatic hydroxyl groups is 1. The summed E-state index contributed by atoms with van der Waals surface area (Å²) in [5.41, 5.74) is 0.653. The van der Waals surface area contributed by atoms with Gasteiger partial charge in [0.2, 0.25) is 5.82 Å². The van der Waals surface area contributed by atoms with Crippen LogP contribution >= 0.6 is 0 Å². The van der Waals surface area contributed by atoms with Gasteiger partial charge in [-0.2, -0.15) is 4.98 Å². The van der Waals surface area contributed by atoms with Gasteiger partial charge in [0.25, 0.3) is 5.89 Å². The van der Waals surface area contributed by atoms with Gasteiger partial charge in [0.05, 0.1) is 0 Å². The molecule has 0 atom stereocenters. The molecule has 1 aromatic heterocycles. The molecule has 5 nitrogen and oxygen atoms in total. The molecule has 3 aromatic rings. The number of benzene rings is 2. The van der Waals surface area contributed by atoms with Crippen LogP contribution in [0, 0.1) is 11.6 Å². The highest BCUT2D eigenvalue weighted by Crippen LogP contribution is 2.21. The van der Waals surface area contributed by atoms with Crippen LogP contribution in [0.2, 0.25) is 0 Å². The van der Waals surface area contributed by atoms with Crippen molar-refractivity contribution < 1.29 is 23.1 Å². The minimum atomic E-state index is -0.807. The fraction of sp³-hybridized carbons (Fsp3) is 0.0667. The molecular weight excluding hydrogens is 294 g/mol. The molecule has 0 bridgehead atoms. The van der Waals surface area contributed by atoms with Crippen molar-refractivity contribution in [3.05, 3.63) is 60.0 Å². The Morgan fingerprint density at radius 3 is 2.59 bits per heavy atom. The molecule has 0 saturated carbocycles. The number of ether oxygens (including phenoxy) is 1. The molecule has 0 fully saturated rings. The zero-order valence-electron chi connectivity index (χ0n) is 11.2. The Balaban J connectivity index is 1.70. The van der Waals surface area contributed by atoms with Crippen LogP contribution in [0.5, 0.6) is 11.5 Å². The summed E-state index contributed by atoms with van der Waals surface area (Å²) in [5.74, 6) is -1.01. The standard InChI is InChI=1S/C15H10F2N2O3/c16-10-3-6-13(12(17)7-10)21-8-14-18-15(19-22-14)9-1-4-11(20)5-2-9/h1-7,20H,8H2. The fourth-order valence-electron chi connectivity index (χ4n) is 1.77. The number of halogens is 2. The summed E-state index contributed by atoms with van der Waals surface area (Å²) in [6.07, 6.45) is 0. The summed E-state index contributed by atoms with van der Waals surface area (Å²) in [5, 5.41) is 13.0. The van der Waals surface area contributed by atoms with Crippen LogP contribution in [0.1, 0.15) is 5.89 Å². The molecule has 0 unspecified atom stereocenters. The molecule has 0 spiro atoms. The maximum absolute atomic E-state index is 13.4. The number of aromatic nitrogens is 2. The molecule has 1 N–H and O–H groups in total. The molecule has 3 rings (SSSR count). The molecule has 0 aliphatic heterocycles. The molecular formula is C15H10F2N2O3. The number of nitrogens with zero attached hydrogens (tertiary/aromatic N) is 2. The smallest absolute Gasteiger partial charge is 0.264 e. The molecule has 22 heavy (non-hydrogen) atoms. The van der Waals surface area contributed by atoms with Crippen LogP contribution < -0.4 is 4.74 Å². The Hall–Kier alpha value is -2.96. The van der Waals surface area contributed by atoms with E-state index in [2.05, 4.69) is 10.1 Å². The van der Waals surface area contributed by atoms with E-state index in [9.17, 15) is 13.9 Å². The highest BCUT2D eigenvalue weighted by Gasteiger charge is 2.11. The number of hydrogen-bond donors (Lipinski definition) is 1. The second-order valence-electron chi connectivity index (χ2n) is 4.42. The van der Waals surface area contributed by atoms with Crippen LogP contribution in [0.4, 0.5) is 8.78 Å². The lowest BCUT2D eigenvalue weighted by molar-refractivity contribution is 0.234.